The summed E-state index contributed by atoms with van der Waals surface area (Å²) in [6.45, 7) is 5.72. The monoisotopic (exact) mass is 190 g/mol. The largest absolute Gasteiger partial charge is 0.333 e. The highest BCUT2D eigenvalue weighted by Gasteiger charge is 2.28. The Labute approximate surface area is 74.3 Å². The molecular formula is C8H15O3P. The minimum absolute atomic E-state index is 0.139. The van der Waals surface area contributed by atoms with Crippen LogP contribution in [0.1, 0.15) is 20.3 Å². The first-order chi connectivity index (χ1) is 5.64. The molecule has 0 atom stereocenters. The Morgan fingerprint density at radius 2 is 2.00 bits per heavy atom. The van der Waals surface area contributed by atoms with Crippen LogP contribution in [-0.4, -0.2) is 25.7 Å². The molecule has 1 saturated heterocycles. The normalized spacial score (nSPS) is 23.8. The van der Waals surface area contributed by atoms with Gasteiger partial charge in [0, 0.05) is 18.0 Å². The zero-order valence-corrected chi connectivity index (χ0v) is 8.47. The Morgan fingerprint density at radius 3 is 2.50 bits per heavy atom. The summed E-state index contributed by atoms with van der Waals surface area (Å²) in [6, 6.07) is 0. The standard InChI is InChI=1S/C8H15O3P/c1-8(2)6-10-12(11-7-8)5-3-4-9/h4H,3,5-7H2,1-2H3. The van der Waals surface area contributed by atoms with Gasteiger partial charge in [0.05, 0.1) is 13.2 Å². The van der Waals surface area contributed by atoms with Crippen LogP contribution in [0.4, 0.5) is 0 Å². The molecule has 4 heteroatoms. The van der Waals surface area contributed by atoms with E-state index in [-0.39, 0.29) is 5.41 Å². The maximum atomic E-state index is 10.1. The lowest BCUT2D eigenvalue weighted by Crippen LogP contribution is -2.28. The summed E-state index contributed by atoms with van der Waals surface area (Å²) in [5.74, 6) is 0. The molecule has 0 amide bonds. The highest BCUT2D eigenvalue weighted by atomic mass is 31.2. The zero-order chi connectivity index (χ0) is 9.03. The van der Waals surface area contributed by atoms with E-state index in [9.17, 15) is 4.79 Å². The van der Waals surface area contributed by atoms with Crippen LogP contribution in [0.5, 0.6) is 0 Å². The molecule has 0 aliphatic carbocycles. The zero-order valence-electron chi connectivity index (χ0n) is 7.58. The molecule has 1 heterocycles. The molecule has 70 valence electrons. The minimum Gasteiger partial charge on any atom is -0.333 e. The van der Waals surface area contributed by atoms with Gasteiger partial charge in [0.1, 0.15) is 6.29 Å². The molecule has 1 aliphatic rings. The van der Waals surface area contributed by atoms with Crippen LogP contribution in [0.15, 0.2) is 0 Å². The predicted molar refractivity (Wildman–Crippen MR) is 48.2 cm³/mol. The maximum absolute atomic E-state index is 10.1. The molecule has 0 N–H and O–H groups in total. The van der Waals surface area contributed by atoms with Crippen molar-refractivity contribution in [3.8, 4) is 0 Å². The lowest BCUT2D eigenvalue weighted by molar-refractivity contribution is -0.107. The van der Waals surface area contributed by atoms with Crippen molar-refractivity contribution < 1.29 is 13.8 Å². The summed E-state index contributed by atoms with van der Waals surface area (Å²) in [5, 5.41) is 0. The van der Waals surface area contributed by atoms with Gasteiger partial charge in [-0.05, 0) is 0 Å². The molecule has 12 heavy (non-hydrogen) atoms. The third-order valence-electron chi connectivity index (χ3n) is 1.63. The summed E-state index contributed by atoms with van der Waals surface area (Å²) in [7, 11) is -0.767. The van der Waals surface area contributed by atoms with Crippen molar-refractivity contribution in [1.82, 2.24) is 0 Å². The SMILES string of the molecule is CC1(C)COP(CCC=O)OC1. The van der Waals surface area contributed by atoms with Crippen molar-refractivity contribution in [2.45, 2.75) is 20.3 Å². The van der Waals surface area contributed by atoms with E-state index < -0.39 is 8.38 Å². The van der Waals surface area contributed by atoms with E-state index in [4.69, 9.17) is 9.05 Å². The summed E-state index contributed by atoms with van der Waals surface area (Å²) in [6.07, 6.45) is 2.20. The second kappa shape index (κ2) is 4.31. The van der Waals surface area contributed by atoms with E-state index in [1.807, 2.05) is 0 Å². The van der Waals surface area contributed by atoms with Gasteiger partial charge in [-0.2, -0.15) is 0 Å². The Kier molecular flexibility index (Phi) is 3.63. The molecule has 0 bridgehead atoms. The lowest BCUT2D eigenvalue weighted by atomic mass is 9.97. The fourth-order valence-electron chi connectivity index (χ4n) is 0.860. The first-order valence-electron chi connectivity index (χ1n) is 4.11. The molecule has 0 aromatic carbocycles. The number of hydrogen-bond donors (Lipinski definition) is 0. The average molecular weight is 190 g/mol. The molecule has 1 aliphatic heterocycles. The van der Waals surface area contributed by atoms with Crippen LogP contribution in [0, 0.1) is 5.41 Å². The van der Waals surface area contributed by atoms with E-state index >= 15 is 0 Å². The van der Waals surface area contributed by atoms with E-state index in [2.05, 4.69) is 13.8 Å². The summed E-state index contributed by atoms with van der Waals surface area (Å²) < 4.78 is 11.0. The van der Waals surface area contributed by atoms with Gasteiger partial charge in [-0.1, -0.05) is 13.8 Å². The second-order valence-corrected chi connectivity index (χ2v) is 5.35. The lowest BCUT2D eigenvalue weighted by Gasteiger charge is -2.33. The second-order valence-electron chi connectivity index (χ2n) is 3.72. The highest BCUT2D eigenvalue weighted by molar-refractivity contribution is 7.47. The van der Waals surface area contributed by atoms with Crippen LogP contribution in [0.25, 0.3) is 0 Å². The third kappa shape index (κ3) is 3.18. The van der Waals surface area contributed by atoms with Gasteiger partial charge in [-0.25, -0.2) is 0 Å². The Morgan fingerprint density at radius 1 is 1.42 bits per heavy atom. The minimum atomic E-state index is -0.767. The highest BCUT2D eigenvalue weighted by Crippen LogP contribution is 2.45. The fourth-order valence-corrected chi connectivity index (χ4v) is 2.50. The third-order valence-corrected chi connectivity index (χ3v) is 3.09. The van der Waals surface area contributed by atoms with Crippen molar-refractivity contribution in [2.24, 2.45) is 5.41 Å². The molecule has 3 nitrogen and oxygen atoms in total. The van der Waals surface area contributed by atoms with Gasteiger partial charge in [-0.3, -0.25) is 0 Å². The van der Waals surface area contributed by atoms with Gasteiger partial charge in [-0.15, -0.1) is 0 Å². The van der Waals surface area contributed by atoms with Gasteiger partial charge < -0.3 is 13.8 Å². The molecule has 1 fully saturated rings. The summed E-state index contributed by atoms with van der Waals surface area (Å²) in [5.41, 5.74) is 0.139. The Hall–Kier alpha value is 0.0200. The van der Waals surface area contributed by atoms with Crippen molar-refractivity contribution in [3.63, 3.8) is 0 Å². The Bertz CT molecular complexity index is 148. The van der Waals surface area contributed by atoms with Crippen molar-refractivity contribution in [2.75, 3.05) is 19.4 Å². The van der Waals surface area contributed by atoms with E-state index in [1.165, 1.54) is 0 Å². The first-order valence-corrected chi connectivity index (χ1v) is 5.47. The van der Waals surface area contributed by atoms with Crippen LogP contribution < -0.4 is 0 Å². The van der Waals surface area contributed by atoms with E-state index in [1.54, 1.807) is 0 Å². The first kappa shape index (κ1) is 10.1. The number of aldehydes is 1. The molecule has 0 spiro atoms. The van der Waals surface area contributed by atoms with Gasteiger partial charge >= 0.3 is 0 Å². The van der Waals surface area contributed by atoms with Crippen molar-refractivity contribution >= 4 is 14.7 Å². The number of rotatable bonds is 3. The van der Waals surface area contributed by atoms with Crippen molar-refractivity contribution in [3.05, 3.63) is 0 Å². The van der Waals surface area contributed by atoms with Crippen LogP contribution in [-0.2, 0) is 13.8 Å². The van der Waals surface area contributed by atoms with Gasteiger partial charge in [0.15, 0.2) is 8.38 Å². The molecule has 0 saturated carbocycles. The van der Waals surface area contributed by atoms with Gasteiger partial charge in [0.25, 0.3) is 0 Å². The topological polar surface area (TPSA) is 35.5 Å². The van der Waals surface area contributed by atoms with Crippen LogP contribution in [0.2, 0.25) is 0 Å². The summed E-state index contributed by atoms with van der Waals surface area (Å²) in [4.78, 5) is 10.1. The molecular weight excluding hydrogens is 175 g/mol. The van der Waals surface area contributed by atoms with E-state index in [0.29, 0.717) is 6.42 Å². The smallest absolute Gasteiger partial charge is 0.170 e. The fraction of sp³-hybridized carbons (Fsp3) is 0.875. The van der Waals surface area contributed by atoms with Crippen molar-refractivity contribution in [1.29, 1.82) is 0 Å². The number of hydrogen-bond acceptors (Lipinski definition) is 3. The van der Waals surface area contributed by atoms with E-state index in [0.717, 1.165) is 25.7 Å². The average Bonchev–Trinajstić information content (AvgIpc) is 2.03. The van der Waals surface area contributed by atoms with Gasteiger partial charge in [0.2, 0.25) is 0 Å². The quantitative estimate of drug-likeness (QED) is 0.504. The molecule has 0 aromatic rings. The maximum Gasteiger partial charge on any atom is 0.170 e. The number of carbonyl (C=O) groups is 1. The molecule has 1 rings (SSSR count). The molecule has 0 aromatic heterocycles. The van der Waals surface area contributed by atoms with Crippen LogP contribution >= 0.6 is 8.38 Å². The summed E-state index contributed by atoms with van der Waals surface area (Å²) >= 11 is 0. The molecule has 0 radical (unpaired) electrons. The number of carbonyl (C=O) groups excluding carboxylic acids is 1. The Balaban J connectivity index is 2.22. The molecule has 0 unspecified atom stereocenters. The van der Waals surface area contributed by atoms with Crippen LogP contribution in [0.3, 0.4) is 0 Å². The predicted octanol–water partition coefficient (Wildman–Crippen LogP) is 1.96.